The molecular weight excluding hydrogens is 149 g/mol. The fourth-order valence-electron chi connectivity index (χ4n) is 1.10. The van der Waals surface area contributed by atoms with Gasteiger partial charge < -0.3 is 0 Å². The highest BCUT2D eigenvalue weighted by atomic mass is 15.3. The molecule has 0 spiro atoms. The van der Waals surface area contributed by atoms with Gasteiger partial charge in [0.2, 0.25) is 0 Å². The zero-order valence-corrected chi connectivity index (χ0v) is 8.13. The van der Waals surface area contributed by atoms with Crippen LogP contribution in [0.1, 0.15) is 50.9 Å². The summed E-state index contributed by atoms with van der Waals surface area (Å²) in [6.45, 7) is 8.51. The van der Waals surface area contributed by atoms with E-state index in [0.717, 1.165) is 11.4 Å². The second kappa shape index (κ2) is 4.29. The summed E-state index contributed by atoms with van der Waals surface area (Å²) in [4.78, 5) is 0. The molecule has 0 atom stereocenters. The largest absolute Gasteiger partial charge is 0.197 e. The number of nitrogens with zero attached hydrogens (tertiary/aromatic N) is 2. The van der Waals surface area contributed by atoms with Crippen LogP contribution in [0.15, 0.2) is 0 Å². The highest BCUT2D eigenvalue weighted by molar-refractivity contribution is 5.75. The van der Waals surface area contributed by atoms with Crippen molar-refractivity contribution in [1.29, 1.82) is 0 Å². The molecule has 0 aromatic carbocycles. The Morgan fingerprint density at radius 3 is 1.50 bits per heavy atom. The highest BCUT2D eigenvalue weighted by Gasteiger charge is 2.13. The van der Waals surface area contributed by atoms with E-state index in [4.69, 9.17) is 0 Å². The Morgan fingerprint density at radius 2 is 1.25 bits per heavy atom. The van der Waals surface area contributed by atoms with Gasteiger partial charge >= 0.3 is 0 Å². The summed E-state index contributed by atoms with van der Waals surface area (Å²) >= 11 is 0. The molecule has 0 aliphatic heterocycles. The van der Waals surface area contributed by atoms with Gasteiger partial charge in [-0.2, -0.15) is 15.4 Å². The molecular formula is C8H15BN3. The molecule has 1 aromatic heterocycles. The van der Waals surface area contributed by atoms with Gasteiger partial charge in [0.1, 0.15) is 0 Å². The third-order valence-corrected chi connectivity index (χ3v) is 1.70. The average Bonchev–Trinajstić information content (AvgIpc) is 2.32. The quantitative estimate of drug-likeness (QED) is 0.675. The van der Waals surface area contributed by atoms with Crippen molar-refractivity contribution in [3.8, 4) is 0 Å². The molecule has 1 rings (SSSR count). The van der Waals surface area contributed by atoms with Crippen molar-refractivity contribution in [3.05, 3.63) is 11.4 Å². The van der Waals surface area contributed by atoms with Crippen LogP contribution in [0.5, 0.6) is 0 Å². The van der Waals surface area contributed by atoms with Crippen LogP contribution >= 0.6 is 0 Å². The lowest BCUT2D eigenvalue weighted by molar-refractivity contribution is 0.759. The zero-order valence-electron chi connectivity index (χ0n) is 8.13. The Kier molecular flexibility index (Phi) is 4.00. The van der Waals surface area contributed by atoms with E-state index >= 15 is 0 Å². The van der Waals surface area contributed by atoms with E-state index in [1.807, 2.05) is 0 Å². The number of aromatic nitrogens is 3. The Bertz CT molecular complexity index is 207. The maximum absolute atomic E-state index is 4.10. The van der Waals surface area contributed by atoms with E-state index in [0.29, 0.717) is 11.8 Å². The van der Waals surface area contributed by atoms with Gasteiger partial charge in [-0.1, -0.05) is 27.7 Å². The minimum atomic E-state index is 0. The molecule has 65 valence electrons. The topological polar surface area (TPSA) is 41.6 Å². The molecule has 0 aliphatic rings. The first kappa shape index (κ1) is 11.2. The molecule has 0 unspecified atom stereocenters. The van der Waals surface area contributed by atoms with E-state index in [1.165, 1.54) is 0 Å². The van der Waals surface area contributed by atoms with Gasteiger partial charge in [0.15, 0.2) is 0 Å². The number of rotatable bonds is 2. The summed E-state index contributed by atoms with van der Waals surface area (Å²) in [5.74, 6) is 0.928. The molecule has 12 heavy (non-hydrogen) atoms. The minimum Gasteiger partial charge on any atom is -0.197 e. The molecule has 3 radical (unpaired) electrons. The minimum absolute atomic E-state index is 0. The number of nitrogens with one attached hydrogen (secondary N) is 1. The number of aromatic amines is 1. The van der Waals surface area contributed by atoms with Crippen LogP contribution in [0.3, 0.4) is 0 Å². The van der Waals surface area contributed by atoms with Crippen molar-refractivity contribution in [2.75, 3.05) is 0 Å². The summed E-state index contributed by atoms with van der Waals surface area (Å²) in [6, 6.07) is 0. The predicted octanol–water partition coefficient (Wildman–Crippen LogP) is 1.67. The maximum Gasteiger partial charge on any atom is 0.0884 e. The van der Waals surface area contributed by atoms with Gasteiger partial charge in [-0.15, -0.1) is 0 Å². The Labute approximate surface area is 75.5 Å². The standard InChI is InChI=1S/C8H15N3.B/c1-5(2)7-8(6(3)4)10-11-9-7;/h5-6H,1-4H3,(H,9,10,11);. The summed E-state index contributed by atoms with van der Waals surface area (Å²) in [5.41, 5.74) is 2.19. The molecule has 0 bridgehead atoms. The Hall–Kier alpha value is -0.795. The summed E-state index contributed by atoms with van der Waals surface area (Å²) < 4.78 is 0. The monoisotopic (exact) mass is 164 g/mol. The molecule has 0 fully saturated rings. The molecule has 1 N–H and O–H groups in total. The van der Waals surface area contributed by atoms with Crippen LogP contribution in [0.4, 0.5) is 0 Å². The number of H-pyrrole nitrogens is 1. The first-order chi connectivity index (χ1) is 5.13. The maximum atomic E-state index is 4.10. The second-order valence-corrected chi connectivity index (χ2v) is 3.40. The summed E-state index contributed by atoms with van der Waals surface area (Å²) in [7, 11) is 0. The van der Waals surface area contributed by atoms with Crippen molar-refractivity contribution in [2.24, 2.45) is 0 Å². The first-order valence-corrected chi connectivity index (χ1v) is 4.03. The van der Waals surface area contributed by atoms with Crippen LogP contribution in [0.2, 0.25) is 0 Å². The fourth-order valence-corrected chi connectivity index (χ4v) is 1.10. The van der Waals surface area contributed by atoms with Crippen molar-refractivity contribution in [1.82, 2.24) is 15.4 Å². The van der Waals surface area contributed by atoms with Gasteiger partial charge in [-0.25, -0.2) is 0 Å². The molecule has 0 saturated carbocycles. The molecule has 0 saturated heterocycles. The van der Waals surface area contributed by atoms with Crippen LogP contribution in [-0.4, -0.2) is 23.8 Å². The molecule has 1 heterocycles. The highest BCUT2D eigenvalue weighted by Crippen LogP contribution is 2.20. The van der Waals surface area contributed by atoms with E-state index < -0.39 is 0 Å². The van der Waals surface area contributed by atoms with Gasteiger partial charge in [0.25, 0.3) is 0 Å². The van der Waals surface area contributed by atoms with Crippen LogP contribution in [0, 0.1) is 0 Å². The Morgan fingerprint density at radius 1 is 0.917 bits per heavy atom. The first-order valence-electron chi connectivity index (χ1n) is 4.03. The van der Waals surface area contributed by atoms with E-state index in [2.05, 4.69) is 43.1 Å². The van der Waals surface area contributed by atoms with Gasteiger partial charge in [-0.05, 0) is 11.8 Å². The second-order valence-electron chi connectivity index (χ2n) is 3.40. The lowest BCUT2D eigenvalue weighted by Crippen LogP contribution is -1.96. The third-order valence-electron chi connectivity index (χ3n) is 1.70. The van der Waals surface area contributed by atoms with Crippen molar-refractivity contribution in [2.45, 2.75) is 39.5 Å². The van der Waals surface area contributed by atoms with Gasteiger partial charge in [0, 0.05) is 8.41 Å². The summed E-state index contributed by atoms with van der Waals surface area (Å²) in [5, 5.41) is 10.9. The van der Waals surface area contributed by atoms with Crippen molar-refractivity contribution >= 4 is 8.41 Å². The molecule has 4 heteroatoms. The summed E-state index contributed by atoms with van der Waals surface area (Å²) in [6.07, 6.45) is 0. The van der Waals surface area contributed by atoms with Gasteiger partial charge in [-0.3, -0.25) is 0 Å². The van der Waals surface area contributed by atoms with Crippen molar-refractivity contribution < 1.29 is 0 Å². The van der Waals surface area contributed by atoms with Gasteiger partial charge in [0.05, 0.1) is 11.4 Å². The lowest BCUT2D eigenvalue weighted by atomic mass is 10.0. The molecule has 0 aliphatic carbocycles. The predicted molar refractivity (Wildman–Crippen MR) is 50.3 cm³/mol. The van der Waals surface area contributed by atoms with Crippen molar-refractivity contribution in [3.63, 3.8) is 0 Å². The van der Waals surface area contributed by atoms with Crippen LogP contribution in [0.25, 0.3) is 0 Å². The van der Waals surface area contributed by atoms with E-state index in [-0.39, 0.29) is 8.41 Å². The van der Waals surface area contributed by atoms with E-state index in [9.17, 15) is 0 Å². The average molecular weight is 164 g/mol. The molecule has 1 aromatic rings. The van der Waals surface area contributed by atoms with Crippen LogP contribution < -0.4 is 0 Å². The lowest BCUT2D eigenvalue weighted by Gasteiger charge is -2.04. The molecule has 0 amide bonds. The SMILES string of the molecule is CC(C)c1n[nH]nc1C(C)C.[B]. The normalized spacial score (nSPS) is 10.5. The third kappa shape index (κ3) is 2.09. The number of hydrogen-bond acceptors (Lipinski definition) is 2. The smallest absolute Gasteiger partial charge is 0.0884 e. The Balaban J connectivity index is 0.00000121. The molecule has 3 nitrogen and oxygen atoms in total. The number of hydrogen-bond donors (Lipinski definition) is 1. The fraction of sp³-hybridized carbons (Fsp3) is 0.750. The zero-order chi connectivity index (χ0) is 8.43. The van der Waals surface area contributed by atoms with Crippen LogP contribution in [-0.2, 0) is 0 Å². The van der Waals surface area contributed by atoms with E-state index in [1.54, 1.807) is 0 Å².